The summed E-state index contributed by atoms with van der Waals surface area (Å²) in [6.07, 6.45) is 4.15. The van der Waals surface area contributed by atoms with Gasteiger partial charge in [0.1, 0.15) is 0 Å². The molecule has 0 saturated carbocycles. The molecule has 0 atom stereocenters. The van der Waals surface area contributed by atoms with Crippen molar-refractivity contribution in [3.8, 4) is 0 Å². The minimum atomic E-state index is 0.220. The Morgan fingerprint density at radius 3 is 2.62 bits per heavy atom. The molecule has 1 aliphatic heterocycles. The highest BCUT2D eigenvalue weighted by Crippen LogP contribution is 2.13. The molecule has 1 saturated heterocycles. The maximum atomic E-state index is 12.4. The van der Waals surface area contributed by atoms with Gasteiger partial charge in [-0.05, 0) is 34.0 Å². The zero-order valence-corrected chi connectivity index (χ0v) is 15.6. The molecule has 2 heterocycles. The Bertz CT molecular complexity index is 692. The average molecular weight is 391 g/mol. The second kappa shape index (κ2) is 7.94. The van der Waals surface area contributed by atoms with Gasteiger partial charge in [0.25, 0.3) is 0 Å². The van der Waals surface area contributed by atoms with Crippen LogP contribution in [0.3, 0.4) is 0 Å². The van der Waals surface area contributed by atoms with Crippen LogP contribution in [0.25, 0.3) is 0 Å². The molecule has 1 aromatic heterocycles. The van der Waals surface area contributed by atoms with Gasteiger partial charge in [-0.3, -0.25) is 14.4 Å². The third-order valence-corrected chi connectivity index (χ3v) is 4.95. The Kier molecular flexibility index (Phi) is 5.68. The molecule has 1 aliphatic rings. The van der Waals surface area contributed by atoms with Crippen molar-refractivity contribution < 1.29 is 4.79 Å². The fraction of sp³-hybridized carbons (Fsp3) is 0.444. The maximum Gasteiger partial charge on any atom is 0.224 e. The van der Waals surface area contributed by atoms with Gasteiger partial charge in [-0.25, -0.2) is 0 Å². The lowest BCUT2D eigenvalue weighted by Crippen LogP contribution is -2.48. The molecule has 0 bridgehead atoms. The second-order valence-electron chi connectivity index (χ2n) is 6.26. The fourth-order valence-electron chi connectivity index (χ4n) is 3.01. The third kappa shape index (κ3) is 4.45. The first-order valence-corrected chi connectivity index (χ1v) is 9.14. The molecular formula is C18H23BrN4O. The molecule has 0 aliphatic carbocycles. The summed E-state index contributed by atoms with van der Waals surface area (Å²) in [6, 6.07) is 8.52. The molecular weight excluding hydrogens is 368 g/mol. The monoisotopic (exact) mass is 390 g/mol. The van der Waals surface area contributed by atoms with Crippen LogP contribution in [0.5, 0.6) is 0 Å². The summed E-state index contributed by atoms with van der Waals surface area (Å²) in [5.74, 6) is 0.220. The van der Waals surface area contributed by atoms with E-state index in [-0.39, 0.29) is 5.91 Å². The van der Waals surface area contributed by atoms with Gasteiger partial charge in [0.2, 0.25) is 5.91 Å². The van der Waals surface area contributed by atoms with Crippen molar-refractivity contribution in [1.29, 1.82) is 0 Å². The van der Waals surface area contributed by atoms with Crippen molar-refractivity contribution in [1.82, 2.24) is 19.6 Å². The van der Waals surface area contributed by atoms with E-state index in [1.54, 1.807) is 10.9 Å². The van der Waals surface area contributed by atoms with Gasteiger partial charge < -0.3 is 4.90 Å². The average Bonchev–Trinajstić information content (AvgIpc) is 3.01. The van der Waals surface area contributed by atoms with E-state index in [9.17, 15) is 4.79 Å². The molecule has 0 spiro atoms. The van der Waals surface area contributed by atoms with Crippen molar-refractivity contribution >= 4 is 21.8 Å². The number of hydrogen-bond acceptors (Lipinski definition) is 3. The molecule has 5 nitrogen and oxygen atoms in total. The van der Waals surface area contributed by atoms with Crippen molar-refractivity contribution in [3.63, 3.8) is 0 Å². The predicted molar refractivity (Wildman–Crippen MR) is 97.6 cm³/mol. The minimum absolute atomic E-state index is 0.220. The number of piperazine rings is 1. The van der Waals surface area contributed by atoms with Crippen LogP contribution in [0.4, 0.5) is 0 Å². The van der Waals surface area contributed by atoms with Gasteiger partial charge in [-0.1, -0.05) is 24.3 Å². The summed E-state index contributed by atoms with van der Waals surface area (Å²) < 4.78 is 2.75. The van der Waals surface area contributed by atoms with Crippen LogP contribution in [-0.2, 0) is 17.9 Å². The Morgan fingerprint density at radius 1 is 1.21 bits per heavy atom. The van der Waals surface area contributed by atoms with Crippen LogP contribution < -0.4 is 0 Å². The molecule has 1 fully saturated rings. The molecule has 1 aromatic carbocycles. The van der Waals surface area contributed by atoms with Crippen molar-refractivity contribution in [2.45, 2.75) is 26.4 Å². The topological polar surface area (TPSA) is 41.4 Å². The van der Waals surface area contributed by atoms with Crippen LogP contribution in [0, 0.1) is 6.92 Å². The summed E-state index contributed by atoms with van der Waals surface area (Å²) in [7, 11) is 0. The van der Waals surface area contributed by atoms with E-state index in [2.05, 4.69) is 57.1 Å². The van der Waals surface area contributed by atoms with Crippen molar-refractivity contribution in [3.05, 3.63) is 52.3 Å². The Morgan fingerprint density at radius 2 is 1.96 bits per heavy atom. The lowest BCUT2D eigenvalue weighted by molar-refractivity contribution is -0.133. The first kappa shape index (κ1) is 17.2. The molecule has 0 N–H and O–H groups in total. The lowest BCUT2D eigenvalue weighted by atomic mass is 10.1. The smallest absolute Gasteiger partial charge is 0.224 e. The number of aromatic nitrogens is 2. The van der Waals surface area contributed by atoms with Gasteiger partial charge in [0.05, 0.1) is 10.7 Å². The molecule has 2 aromatic rings. The van der Waals surface area contributed by atoms with Crippen LogP contribution in [-0.4, -0.2) is 51.7 Å². The number of carbonyl (C=O) groups is 1. The number of aryl methyl sites for hydroxylation is 2. The Balaban J connectivity index is 1.44. The van der Waals surface area contributed by atoms with Gasteiger partial charge in [0.15, 0.2) is 0 Å². The second-order valence-corrected chi connectivity index (χ2v) is 7.17. The van der Waals surface area contributed by atoms with E-state index in [0.717, 1.165) is 37.2 Å². The van der Waals surface area contributed by atoms with E-state index in [1.807, 2.05) is 11.1 Å². The highest BCUT2D eigenvalue weighted by molar-refractivity contribution is 9.10. The summed E-state index contributed by atoms with van der Waals surface area (Å²) in [5, 5.41) is 4.19. The Labute approximate surface area is 151 Å². The summed E-state index contributed by atoms with van der Waals surface area (Å²) in [4.78, 5) is 16.8. The van der Waals surface area contributed by atoms with Gasteiger partial charge in [0, 0.05) is 51.9 Å². The molecule has 128 valence electrons. The number of benzene rings is 1. The van der Waals surface area contributed by atoms with Crippen LogP contribution >= 0.6 is 15.9 Å². The number of amides is 1. The summed E-state index contributed by atoms with van der Waals surface area (Å²) in [5.41, 5.74) is 2.71. The lowest BCUT2D eigenvalue weighted by Gasteiger charge is -2.35. The number of rotatable bonds is 5. The highest BCUT2D eigenvalue weighted by Gasteiger charge is 2.21. The minimum Gasteiger partial charge on any atom is -0.340 e. The highest BCUT2D eigenvalue weighted by atomic mass is 79.9. The molecule has 0 radical (unpaired) electrons. The molecule has 3 rings (SSSR count). The van der Waals surface area contributed by atoms with E-state index >= 15 is 0 Å². The summed E-state index contributed by atoms with van der Waals surface area (Å²) in [6.45, 7) is 7.26. The van der Waals surface area contributed by atoms with Gasteiger partial charge in [-0.15, -0.1) is 0 Å². The molecule has 24 heavy (non-hydrogen) atoms. The number of hydrogen-bond donors (Lipinski definition) is 0. The van der Waals surface area contributed by atoms with E-state index in [1.165, 1.54) is 11.1 Å². The largest absolute Gasteiger partial charge is 0.340 e. The zero-order chi connectivity index (χ0) is 16.9. The van der Waals surface area contributed by atoms with E-state index in [4.69, 9.17) is 0 Å². The SMILES string of the molecule is Cc1ccccc1CN1CCN(C(=O)CCn2cc(Br)cn2)CC1. The molecule has 0 unspecified atom stereocenters. The first-order chi connectivity index (χ1) is 11.6. The normalized spacial score (nSPS) is 15.7. The van der Waals surface area contributed by atoms with Crippen molar-refractivity contribution in [2.75, 3.05) is 26.2 Å². The molecule has 1 amide bonds. The fourth-order valence-corrected chi connectivity index (χ4v) is 3.34. The molecule has 6 heteroatoms. The van der Waals surface area contributed by atoms with E-state index < -0.39 is 0 Å². The van der Waals surface area contributed by atoms with Crippen LogP contribution in [0.15, 0.2) is 41.1 Å². The predicted octanol–water partition coefficient (Wildman–Crippen LogP) is 2.69. The van der Waals surface area contributed by atoms with Crippen molar-refractivity contribution in [2.24, 2.45) is 0 Å². The third-order valence-electron chi connectivity index (χ3n) is 4.54. The maximum absolute atomic E-state index is 12.4. The van der Waals surface area contributed by atoms with Gasteiger partial charge in [-0.2, -0.15) is 5.10 Å². The standard InChI is InChI=1S/C18H23BrN4O/c1-15-4-2-3-5-16(15)13-21-8-10-22(11-9-21)18(24)6-7-23-14-17(19)12-20-23/h2-5,12,14H,6-11,13H2,1H3. The van der Waals surface area contributed by atoms with Crippen LogP contribution in [0.1, 0.15) is 17.5 Å². The summed E-state index contributed by atoms with van der Waals surface area (Å²) >= 11 is 3.37. The number of nitrogens with zero attached hydrogens (tertiary/aromatic N) is 4. The first-order valence-electron chi connectivity index (χ1n) is 8.34. The van der Waals surface area contributed by atoms with Gasteiger partial charge >= 0.3 is 0 Å². The van der Waals surface area contributed by atoms with E-state index in [0.29, 0.717) is 13.0 Å². The quantitative estimate of drug-likeness (QED) is 0.787. The number of halogens is 1. The zero-order valence-electron chi connectivity index (χ0n) is 14.0. The van der Waals surface area contributed by atoms with Crippen LogP contribution in [0.2, 0.25) is 0 Å². The number of carbonyl (C=O) groups excluding carboxylic acids is 1. The Hall–Kier alpha value is -1.66.